The van der Waals surface area contributed by atoms with Crippen LogP contribution in [0.25, 0.3) is 43.5 Å². The van der Waals surface area contributed by atoms with Crippen molar-refractivity contribution in [3.8, 4) is 22.4 Å². The normalized spacial score (nSPS) is 11.1. The summed E-state index contributed by atoms with van der Waals surface area (Å²) >= 11 is 1.44. The zero-order valence-electron chi connectivity index (χ0n) is 16.1. The molecule has 0 saturated heterocycles. The molecule has 4 aromatic heterocycles. The Morgan fingerprint density at radius 3 is 2.93 bits per heavy atom. The van der Waals surface area contributed by atoms with Gasteiger partial charge in [-0.1, -0.05) is 17.4 Å². The summed E-state index contributed by atoms with van der Waals surface area (Å²) < 4.78 is 0.962. The van der Waals surface area contributed by atoms with Gasteiger partial charge in [-0.05, 0) is 42.8 Å². The lowest BCUT2D eigenvalue weighted by atomic mass is 10.0. The molecular formula is C22H18N6OS. The minimum atomic E-state index is -0.268. The van der Waals surface area contributed by atoms with Crippen LogP contribution in [0.1, 0.15) is 6.92 Å². The molecule has 4 heterocycles. The van der Waals surface area contributed by atoms with Crippen molar-refractivity contribution in [2.45, 2.75) is 6.92 Å². The topological polar surface area (TPSA) is 95.6 Å². The van der Waals surface area contributed by atoms with Gasteiger partial charge in [-0.15, -0.1) is 0 Å². The standard InChI is InChI=1S/C22H18N6OS/c1-2-24-21(29)28-22-27-17-11-15(14-4-3-7-23-12-14)10-16(20(17)30-22)19-18-13(5-8-25-18)6-9-26-19/h3-12,25H,2H2,1H3,(H2,24,27,28,29). The van der Waals surface area contributed by atoms with Crippen LogP contribution < -0.4 is 10.6 Å². The minimum Gasteiger partial charge on any atom is -0.359 e. The van der Waals surface area contributed by atoms with Crippen molar-refractivity contribution in [2.24, 2.45) is 0 Å². The molecule has 5 rings (SSSR count). The molecule has 5 aromatic rings. The summed E-state index contributed by atoms with van der Waals surface area (Å²) in [6, 6.07) is 11.8. The molecule has 3 N–H and O–H groups in total. The molecule has 148 valence electrons. The summed E-state index contributed by atoms with van der Waals surface area (Å²) in [6.45, 7) is 2.42. The first-order valence-corrected chi connectivity index (χ1v) is 10.4. The fourth-order valence-electron chi connectivity index (χ4n) is 3.45. The van der Waals surface area contributed by atoms with E-state index in [0.717, 1.165) is 43.5 Å². The van der Waals surface area contributed by atoms with Crippen LogP contribution in [0.2, 0.25) is 0 Å². The Kier molecular flexibility index (Phi) is 4.61. The number of carbonyl (C=O) groups excluding carboxylic acids is 1. The Hall–Kier alpha value is -3.78. The first-order chi connectivity index (χ1) is 14.7. The maximum atomic E-state index is 12.0. The number of nitrogens with zero attached hydrogens (tertiary/aromatic N) is 3. The van der Waals surface area contributed by atoms with Gasteiger partial charge >= 0.3 is 6.03 Å². The van der Waals surface area contributed by atoms with Crippen molar-refractivity contribution in [3.05, 3.63) is 61.2 Å². The van der Waals surface area contributed by atoms with Gasteiger partial charge in [0, 0.05) is 47.8 Å². The molecule has 30 heavy (non-hydrogen) atoms. The average molecular weight is 414 g/mol. The molecule has 0 atom stereocenters. The average Bonchev–Trinajstić information content (AvgIpc) is 3.40. The third kappa shape index (κ3) is 3.27. The number of benzene rings is 1. The number of urea groups is 1. The predicted molar refractivity (Wildman–Crippen MR) is 121 cm³/mol. The highest BCUT2D eigenvalue weighted by Crippen LogP contribution is 2.39. The van der Waals surface area contributed by atoms with E-state index in [0.29, 0.717) is 11.7 Å². The second-order valence-corrected chi connectivity index (χ2v) is 7.72. The lowest BCUT2D eigenvalue weighted by Gasteiger charge is -2.08. The van der Waals surface area contributed by atoms with Crippen molar-refractivity contribution < 1.29 is 4.79 Å². The molecule has 0 fully saturated rings. The molecule has 0 radical (unpaired) electrons. The maximum absolute atomic E-state index is 12.0. The summed E-state index contributed by atoms with van der Waals surface area (Å²) in [5.41, 5.74) is 5.56. The van der Waals surface area contributed by atoms with Gasteiger partial charge in [-0.25, -0.2) is 9.78 Å². The van der Waals surface area contributed by atoms with Gasteiger partial charge in [0.25, 0.3) is 0 Å². The molecule has 0 bridgehead atoms. The van der Waals surface area contributed by atoms with Crippen LogP contribution in [-0.2, 0) is 0 Å². The quantitative estimate of drug-likeness (QED) is 0.384. The number of rotatable bonds is 4. The minimum absolute atomic E-state index is 0.268. The number of anilines is 1. The third-order valence-electron chi connectivity index (χ3n) is 4.77. The number of H-pyrrole nitrogens is 1. The van der Waals surface area contributed by atoms with Crippen LogP contribution in [-0.4, -0.2) is 32.5 Å². The summed E-state index contributed by atoms with van der Waals surface area (Å²) in [5.74, 6) is 0. The van der Waals surface area contributed by atoms with Crippen LogP contribution in [0.5, 0.6) is 0 Å². The summed E-state index contributed by atoms with van der Waals surface area (Å²) in [6.07, 6.45) is 7.30. The van der Waals surface area contributed by atoms with E-state index in [4.69, 9.17) is 0 Å². The zero-order chi connectivity index (χ0) is 20.5. The Bertz CT molecular complexity index is 1360. The first-order valence-electron chi connectivity index (χ1n) is 9.55. The first kappa shape index (κ1) is 18.3. The number of hydrogen-bond donors (Lipinski definition) is 3. The fourth-order valence-corrected chi connectivity index (χ4v) is 4.41. The van der Waals surface area contributed by atoms with Crippen molar-refractivity contribution in [1.82, 2.24) is 25.3 Å². The lowest BCUT2D eigenvalue weighted by Crippen LogP contribution is -2.28. The van der Waals surface area contributed by atoms with E-state index in [1.165, 1.54) is 11.3 Å². The SMILES string of the molecule is CCNC(=O)Nc1nc2cc(-c3cccnc3)cc(-c3nccc4cc[nH]c34)c2s1. The van der Waals surface area contributed by atoms with E-state index >= 15 is 0 Å². The van der Waals surface area contributed by atoms with Gasteiger partial charge in [-0.2, -0.15) is 0 Å². The number of amides is 2. The number of aromatic amines is 1. The molecule has 2 amide bonds. The second-order valence-electron chi connectivity index (χ2n) is 6.72. The molecule has 0 aliphatic rings. The molecule has 0 spiro atoms. The smallest absolute Gasteiger partial charge is 0.321 e. The second kappa shape index (κ2) is 7.57. The highest BCUT2D eigenvalue weighted by molar-refractivity contribution is 7.22. The Labute approximate surface area is 176 Å². The molecule has 0 saturated carbocycles. The van der Waals surface area contributed by atoms with Gasteiger partial charge in [0.05, 0.1) is 21.4 Å². The molecule has 0 unspecified atom stereocenters. The lowest BCUT2D eigenvalue weighted by molar-refractivity contribution is 0.252. The van der Waals surface area contributed by atoms with E-state index in [1.54, 1.807) is 6.20 Å². The monoisotopic (exact) mass is 414 g/mol. The van der Waals surface area contributed by atoms with Gasteiger partial charge < -0.3 is 10.3 Å². The van der Waals surface area contributed by atoms with Crippen LogP contribution >= 0.6 is 11.3 Å². The third-order valence-corrected chi connectivity index (χ3v) is 5.79. The number of thiazole rings is 1. The van der Waals surface area contributed by atoms with Gasteiger partial charge in [0.2, 0.25) is 0 Å². The molecule has 0 aliphatic carbocycles. The van der Waals surface area contributed by atoms with E-state index < -0.39 is 0 Å². The number of aromatic nitrogens is 4. The fraction of sp³-hybridized carbons (Fsp3) is 0.0909. The number of nitrogens with one attached hydrogen (secondary N) is 3. The van der Waals surface area contributed by atoms with Crippen molar-refractivity contribution >= 4 is 43.6 Å². The summed E-state index contributed by atoms with van der Waals surface area (Å²) in [5, 5.41) is 7.18. The van der Waals surface area contributed by atoms with Crippen LogP contribution in [0.4, 0.5) is 9.93 Å². The number of pyridine rings is 2. The molecule has 0 aliphatic heterocycles. The largest absolute Gasteiger partial charge is 0.359 e. The number of carbonyl (C=O) groups is 1. The Balaban J connectivity index is 1.73. The van der Waals surface area contributed by atoms with Crippen molar-refractivity contribution in [3.63, 3.8) is 0 Å². The van der Waals surface area contributed by atoms with E-state index in [9.17, 15) is 4.79 Å². The highest BCUT2D eigenvalue weighted by Gasteiger charge is 2.17. The molecule has 8 heteroatoms. The maximum Gasteiger partial charge on any atom is 0.321 e. The molecule has 1 aromatic carbocycles. The summed E-state index contributed by atoms with van der Waals surface area (Å²) in [7, 11) is 0. The van der Waals surface area contributed by atoms with Crippen LogP contribution in [0, 0.1) is 0 Å². The van der Waals surface area contributed by atoms with Crippen LogP contribution in [0.3, 0.4) is 0 Å². The Morgan fingerprint density at radius 2 is 2.10 bits per heavy atom. The Morgan fingerprint density at radius 1 is 1.17 bits per heavy atom. The predicted octanol–water partition coefficient (Wildman–Crippen LogP) is 5.04. The van der Waals surface area contributed by atoms with Crippen LogP contribution in [0.15, 0.2) is 61.2 Å². The molecular weight excluding hydrogens is 396 g/mol. The highest BCUT2D eigenvalue weighted by atomic mass is 32.1. The number of hydrogen-bond acceptors (Lipinski definition) is 5. The van der Waals surface area contributed by atoms with E-state index in [-0.39, 0.29) is 6.03 Å². The van der Waals surface area contributed by atoms with E-state index in [2.05, 4.69) is 36.6 Å². The van der Waals surface area contributed by atoms with Gasteiger partial charge in [0.15, 0.2) is 5.13 Å². The molecule has 7 nitrogen and oxygen atoms in total. The zero-order valence-corrected chi connectivity index (χ0v) is 17.0. The van der Waals surface area contributed by atoms with Crippen molar-refractivity contribution in [1.29, 1.82) is 0 Å². The van der Waals surface area contributed by atoms with E-state index in [1.807, 2.05) is 55.8 Å². The summed E-state index contributed by atoms with van der Waals surface area (Å²) in [4.78, 5) is 28.9. The van der Waals surface area contributed by atoms with Crippen molar-refractivity contribution in [2.75, 3.05) is 11.9 Å². The number of fused-ring (bicyclic) bond motifs is 2. The van der Waals surface area contributed by atoms with Gasteiger partial charge in [0.1, 0.15) is 0 Å². The van der Waals surface area contributed by atoms with Gasteiger partial charge in [-0.3, -0.25) is 15.3 Å².